The minimum atomic E-state index is -1.06. The van der Waals surface area contributed by atoms with Gasteiger partial charge in [-0.3, -0.25) is 9.59 Å². The maximum atomic E-state index is 12.8. The van der Waals surface area contributed by atoms with Crippen LogP contribution in [0.3, 0.4) is 0 Å². The van der Waals surface area contributed by atoms with E-state index in [0.29, 0.717) is 18.0 Å². The molecular weight excluding hydrogens is 306 g/mol. The van der Waals surface area contributed by atoms with Crippen molar-refractivity contribution in [3.05, 3.63) is 59.2 Å². The van der Waals surface area contributed by atoms with Crippen molar-refractivity contribution in [3.8, 4) is 5.75 Å². The van der Waals surface area contributed by atoms with Crippen LogP contribution in [-0.2, 0) is 16.1 Å². The summed E-state index contributed by atoms with van der Waals surface area (Å²) >= 11 is 0. The second-order valence-corrected chi connectivity index (χ2v) is 6.03. The molecular formula is C19H19NO4. The number of hydrogen-bond acceptors (Lipinski definition) is 3. The number of amides is 1. The predicted octanol–water partition coefficient (Wildman–Crippen LogP) is 3.07. The Balaban J connectivity index is 2.00. The molecule has 1 N–H and O–H groups in total. The normalized spacial score (nSPS) is 16.5. The third kappa shape index (κ3) is 3.11. The number of hydrogen-bond donors (Lipinski definition) is 1. The van der Waals surface area contributed by atoms with Gasteiger partial charge in [0, 0.05) is 0 Å². The van der Waals surface area contributed by atoms with Gasteiger partial charge in [0.1, 0.15) is 5.75 Å². The molecule has 5 nitrogen and oxygen atoms in total. The molecule has 124 valence electrons. The van der Waals surface area contributed by atoms with E-state index < -0.39 is 12.1 Å². The van der Waals surface area contributed by atoms with Gasteiger partial charge in [-0.15, -0.1) is 0 Å². The lowest BCUT2D eigenvalue weighted by Crippen LogP contribution is -2.46. The molecule has 2 aromatic rings. The maximum absolute atomic E-state index is 12.8. The number of nitrogens with zero attached hydrogens (tertiary/aromatic N) is 1. The van der Waals surface area contributed by atoms with Gasteiger partial charge in [-0.25, -0.2) is 0 Å². The minimum absolute atomic E-state index is 0.322. The Morgan fingerprint density at radius 1 is 1.21 bits per heavy atom. The monoisotopic (exact) mass is 325 g/mol. The van der Waals surface area contributed by atoms with Crippen LogP contribution in [0.4, 0.5) is 5.69 Å². The van der Waals surface area contributed by atoms with Crippen LogP contribution in [0.1, 0.15) is 23.1 Å². The average Bonchev–Trinajstić information content (AvgIpc) is 2.52. The second-order valence-electron chi connectivity index (χ2n) is 6.03. The number of carboxylic acid groups (broad SMARTS) is 1. The second kappa shape index (κ2) is 6.35. The van der Waals surface area contributed by atoms with Crippen molar-refractivity contribution in [2.75, 3.05) is 4.90 Å². The van der Waals surface area contributed by atoms with Gasteiger partial charge in [0.05, 0.1) is 18.7 Å². The fourth-order valence-corrected chi connectivity index (χ4v) is 2.84. The summed E-state index contributed by atoms with van der Waals surface area (Å²) in [6.45, 7) is 4.31. The van der Waals surface area contributed by atoms with Crippen LogP contribution in [-0.4, -0.2) is 23.1 Å². The van der Waals surface area contributed by atoms with Crippen molar-refractivity contribution in [1.29, 1.82) is 0 Å². The molecule has 0 radical (unpaired) electrons. The molecule has 0 saturated heterocycles. The lowest BCUT2D eigenvalue weighted by Gasteiger charge is -2.34. The molecule has 3 rings (SSSR count). The topological polar surface area (TPSA) is 66.8 Å². The molecule has 1 atom stereocenters. The minimum Gasteiger partial charge on any atom is -0.481 e. The zero-order chi connectivity index (χ0) is 17.3. The SMILES string of the molecule is Cc1ccc2c(c1)OC(CC(=O)O)C(=O)N2Cc1ccccc1C. The summed E-state index contributed by atoms with van der Waals surface area (Å²) < 4.78 is 5.66. The smallest absolute Gasteiger partial charge is 0.307 e. The molecule has 1 amide bonds. The predicted molar refractivity (Wildman–Crippen MR) is 90.2 cm³/mol. The fourth-order valence-electron chi connectivity index (χ4n) is 2.84. The Kier molecular flexibility index (Phi) is 4.25. The first-order chi connectivity index (χ1) is 11.5. The summed E-state index contributed by atoms with van der Waals surface area (Å²) in [6.07, 6.45) is -1.35. The summed E-state index contributed by atoms with van der Waals surface area (Å²) in [6, 6.07) is 13.4. The van der Waals surface area contributed by atoms with E-state index in [9.17, 15) is 9.59 Å². The number of carboxylic acids is 1. The lowest BCUT2D eigenvalue weighted by molar-refractivity contribution is -0.142. The van der Waals surface area contributed by atoms with Gasteiger partial charge in [0.15, 0.2) is 6.10 Å². The van der Waals surface area contributed by atoms with Crippen molar-refractivity contribution in [2.45, 2.75) is 32.9 Å². The quantitative estimate of drug-likeness (QED) is 0.938. The van der Waals surface area contributed by atoms with Crippen molar-refractivity contribution < 1.29 is 19.4 Å². The largest absolute Gasteiger partial charge is 0.481 e. The number of carbonyl (C=O) groups is 2. The van der Waals surface area contributed by atoms with E-state index in [1.54, 1.807) is 4.90 Å². The molecule has 1 aliphatic rings. The van der Waals surface area contributed by atoms with Gasteiger partial charge in [0.25, 0.3) is 5.91 Å². The molecule has 1 heterocycles. The van der Waals surface area contributed by atoms with E-state index >= 15 is 0 Å². The highest BCUT2D eigenvalue weighted by Crippen LogP contribution is 2.36. The van der Waals surface area contributed by atoms with Crippen LogP contribution in [0, 0.1) is 13.8 Å². The standard InChI is InChI=1S/C19H19NO4/c1-12-7-8-15-16(9-12)24-17(10-18(21)22)19(23)20(15)11-14-6-4-3-5-13(14)2/h3-9,17H,10-11H2,1-2H3,(H,21,22). The Morgan fingerprint density at radius 2 is 1.96 bits per heavy atom. The molecule has 24 heavy (non-hydrogen) atoms. The molecule has 0 spiro atoms. The Hall–Kier alpha value is -2.82. The van der Waals surface area contributed by atoms with E-state index in [1.807, 2.05) is 56.3 Å². The molecule has 0 fully saturated rings. The zero-order valence-electron chi connectivity index (χ0n) is 13.7. The van der Waals surface area contributed by atoms with Gasteiger partial charge in [-0.2, -0.15) is 0 Å². The van der Waals surface area contributed by atoms with Gasteiger partial charge in [0.2, 0.25) is 0 Å². The molecule has 2 aromatic carbocycles. The number of benzene rings is 2. The number of ether oxygens (including phenoxy) is 1. The van der Waals surface area contributed by atoms with E-state index in [-0.39, 0.29) is 12.3 Å². The Bertz CT molecular complexity index is 800. The number of aryl methyl sites for hydroxylation is 2. The first kappa shape index (κ1) is 16.1. The van der Waals surface area contributed by atoms with E-state index in [0.717, 1.165) is 16.7 Å². The third-order valence-electron chi connectivity index (χ3n) is 4.17. The molecule has 0 aliphatic carbocycles. The van der Waals surface area contributed by atoms with Crippen molar-refractivity contribution >= 4 is 17.6 Å². The zero-order valence-corrected chi connectivity index (χ0v) is 13.7. The molecule has 0 bridgehead atoms. The first-order valence-corrected chi connectivity index (χ1v) is 7.80. The highest BCUT2D eigenvalue weighted by atomic mass is 16.5. The van der Waals surface area contributed by atoms with Crippen molar-refractivity contribution in [1.82, 2.24) is 0 Å². The Labute approximate surface area is 140 Å². The average molecular weight is 325 g/mol. The number of fused-ring (bicyclic) bond motifs is 1. The summed E-state index contributed by atoms with van der Waals surface area (Å²) in [7, 11) is 0. The van der Waals surface area contributed by atoms with Crippen LogP contribution >= 0.6 is 0 Å². The number of anilines is 1. The van der Waals surface area contributed by atoms with Gasteiger partial charge >= 0.3 is 5.97 Å². The highest BCUT2D eigenvalue weighted by Gasteiger charge is 2.36. The third-order valence-corrected chi connectivity index (χ3v) is 4.17. The lowest BCUT2D eigenvalue weighted by atomic mass is 10.0. The fraction of sp³-hybridized carbons (Fsp3) is 0.263. The summed E-state index contributed by atoms with van der Waals surface area (Å²) in [5.41, 5.74) is 3.78. The number of carbonyl (C=O) groups excluding carboxylic acids is 1. The highest BCUT2D eigenvalue weighted by molar-refractivity contribution is 6.01. The molecule has 1 aliphatic heterocycles. The van der Waals surface area contributed by atoms with Crippen molar-refractivity contribution in [2.24, 2.45) is 0 Å². The maximum Gasteiger partial charge on any atom is 0.307 e. The van der Waals surface area contributed by atoms with Crippen LogP contribution in [0.2, 0.25) is 0 Å². The number of rotatable bonds is 4. The van der Waals surface area contributed by atoms with Crippen molar-refractivity contribution in [3.63, 3.8) is 0 Å². The van der Waals surface area contributed by atoms with E-state index in [4.69, 9.17) is 9.84 Å². The van der Waals surface area contributed by atoms with E-state index in [1.165, 1.54) is 0 Å². The van der Waals surface area contributed by atoms with E-state index in [2.05, 4.69) is 0 Å². The first-order valence-electron chi connectivity index (χ1n) is 7.80. The van der Waals surface area contributed by atoms with Crippen LogP contribution in [0.25, 0.3) is 0 Å². The van der Waals surface area contributed by atoms with Gasteiger partial charge in [-0.05, 0) is 42.7 Å². The summed E-state index contributed by atoms with van der Waals surface area (Å²) in [5, 5.41) is 9.06. The number of aliphatic carboxylic acids is 1. The summed E-state index contributed by atoms with van der Waals surface area (Å²) in [4.78, 5) is 25.4. The van der Waals surface area contributed by atoms with Crippen LogP contribution in [0.15, 0.2) is 42.5 Å². The Morgan fingerprint density at radius 3 is 2.67 bits per heavy atom. The van der Waals surface area contributed by atoms with Gasteiger partial charge in [-0.1, -0.05) is 30.3 Å². The molecule has 0 saturated carbocycles. The molecule has 1 unspecified atom stereocenters. The van der Waals surface area contributed by atoms with Gasteiger partial charge < -0.3 is 14.7 Å². The molecule has 0 aromatic heterocycles. The summed E-state index contributed by atoms with van der Waals surface area (Å²) in [5.74, 6) is -0.827. The van der Waals surface area contributed by atoms with Crippen LogP contribution < -0.4 is 9.64 Å². The molecule has 5 heteroatoms. The van der Waals surface area contributed by atoms with Crippen LogP contribution in [0.5, 0.6) is 5.75 Å².